The van der Waals surface area contributed by atoms with Gasteiger partial charge < -0.3 is 24.3 Å². The molecule has 0 amide bonds. The van der Waals surface area contributed by atoms with E-state index in [1.807, 2.05) is 0 Å². The Kier molecular flexibility index (Phi) is 7.15. The summed E-state index contributed by atoms with van der Waals surface area (Å²) in [5.41, 5.74) is 0.0948. The highest BCUT2D eigenvalue weighted by Crippen LogP contribution is 2.38. The molecule has 0 bridgehead atoms. The van der Waals surface area contributed by atoms with Gasteiger partial charge in [-0.3, -0.25) is 9.13 Å². The summed E-state index contributed by atoms with van der Waals surface area (Å²) in [7, 11) is -8.52. The van der Waals surface area contributed by atoms with Crippen molar-refractivity contribution in [1.82, 2.24) is 0 Å². The molecule has 0 aliphatic carbocycles. The lowest BCUT2D eigenvalue weighted by Crippen LogP contribution is -2.21. The minimum absolute atomic E-state index is 0.0948. The zero-order valence-corrected chi connectivity index (χ0v) is 12.2. The molecule has 0 aliphatic rings. The first-order chi connectivity index (χ1) is 8.41. The molecule has 10 heteroatoms. The number of ether oxygens (including phenoxy) is 1. The van der Waals surface area contributed by atoms with Gasteiger partial charge in [-0.25, -0.2) is 4.79 Å². The summed E-state index contributed by atoms with van der Waals surface area (Å²) in [5.74, 6) is -0.763. The molecule has 0 spiro atoms. The van der Waals surface area contributed by atoms with Crippen molar-refractivity contribution in [2.75, 3.05) is 12.3 Å². The lowest BCUT2D eigenvalue weighted by atomic mass is 10.2. The molecule has 4 N–H and O–H groups in total. The molecule has 19 heavy (non-hydrogen) atoms. The second kappa shape index (κ2) is 7.33. The zero-order chi connectivity index (χ0) is 15.3. The lowest BCUT2D eigenvalue weighted by Gasteiger charge is -2.18. The van der Waals surface area contributed by atoms with Gasteiger partial charge in [0.1, 0.15) is 6.10 Å². The van der Waals surface area contributed by atoms with E-state index in [2.05, 4.69) is 6.58 Å². The van der Waals surface area contributed by atoms with Gasteiger partial charge in [0.05, 0.1) is 12.3 Å². The van der Waals surface area contributed by atoms with E-state index in [-0.39, 0.29) is 18.4 Å². The zero-order valence-electron chi connectivity index (χ0n) is 10.4. The van der Waals surface area contributed by atoms with Crippen LogP contribution < -0.4 is 0 Å². The second-order valence-corrected chi connectivity index (χ2v) is 7.71. The van der Waals surface area contributed by atoms with E-state index in [9.17, 15) is 13.9 Å². The Balaban J connectivity index is 4.55. The molecule has 0 radical (unpaired) electrons. The van der Waals surface area contributed by atoms with Crippen LogP contribution in [0.4, 0.5) is 0 Å². The lowest BCUT2D eigenvalue weighted by molar-refractivity contribution is -0.144. The molecule has 0 fully saturated rings. The Morgan fingerprint density at radius 3 is 1.74 bits per heavy atom. The highest BCUT2D eigenvalue weighted by atomic mass is 31.2. The van der Waals surface area contributed by atoms with Crippen molar-refractivity contribution in [2.45, 2.75) is 25.9 Å². The second-order valence-electron chi connectivity index (χ2n) is 4.16. The Morgan fingerprint density at radius 2 is 1.47 bits per heavy atom. The summed E-state index contributed by atoms with van der Waals surface area (Å²) in [6.07, 6.45) is -2.37. The van der Waals surface area contributed by atoms with Crippen LogP contribution in [0.1, 0.15) is 19.8 Å². The molecule has 0 heterocycles. The molecular weight excluding hydrogens is 298 g/mol. The van der Waals surface area contributed by atoms with E-state index in [0.717, 1.165) is 0 Å². The fourth-order valence-corrected chi connectivity index (χ4v) is 2.39. The van der Waals surface area contributed by atoms with Crippen molar-refractivity contribution in [1.29, 1.82) is 0 Å². The maximum Gasteiger partial charge on any atom is 0.333 e. The number of carbonyl (C=O) groups excluding carboxylic acids is 1. The normalized spacial score (nSPS) is 12.5. The average molecular weight is 316 g/mol. The Hall–Kier alpha value is -0.490. The number of hydrogen-bond acceptors (Lipinski definition) is 4. The van der Waals surface area contributed by atoms with Crippen LogP contribution in [0.25, 0.3) is 0 Å². The molecule has 0 aromatic rings. The molecule has 0 saturated carbocycles. The monoisotopic (exact) mass is 316 g/mol. The molecule has 112 valence electrons. The van der Waals surface area contributed by atoms with Crippen molar-refractivity contribution >= 4 is 21.2 Å². The molecule has 0 aromatic carbocycles. The van der Waals surface area contributed by atoms with Crippen molar-refractivity contribution < 1.29 is 38.2 Å². The van der Waals surface area contributed by atoms with Crippen LogP contribution in [0.5, 0.6) is 0 Å². The van der Waals surface area contributed by atoms with E-state index in [1.54, 1.807) is 0 Å². The summed E-state index contributed by atoms with van der Waals surface area (Å²) in [6, 6.07) is 0. The standard InChI is InChI=1S/C9H18O8P2/c1-7(2)9(10)17-8(3-5-18(11,12)13)4-6-19(14,15)16/h8H,1,3-6H2,2H3,(H2,11,12,13)(H2,14,15,16). The fraction of sp³-hybridized carbons (Fsp3) is 0.667. The molecular formula is C9H18O8P2. The highest BCUT2D eigenvalue weighted by molar-refractivity contribution is 7.52. The molecule has 0 unspecified atom stereocenters. The molecule has 0 rings (SSSR count). The van der Waals surface area contributed by atoms with Crippen LogP contribution in [0.15, 0.2) is 12.2 Å². The van der Waals surface area contributed by atoms with Crippen LogP contribution in [0.3, 0.4) is 0 Å². The van der Waals surface area contributed by atoms with Crippen molar-refractivity contribution in [3.8, 4) is 0 Å². The fourth-order valence-electron chi connectivity index (χ4n) is 1.14. The van der Waals surface area contributed by atoms with Gasteiger partial charge in [0.15, 0.2) is 0 Å². The van der Waals surface area contributed by atoms with E-state index in [0.29, 0.717) is 0 Å². The van der Waals surface area contributed by atoms with Gasteiger partial charge in [0.2, 0.25) is 0 Å². The number of esters is 1. The summed E-state index contributed by atoms with van der Waals surface area (Å²) < 4.78 is 26.4. The smallest absolute Gasteiger partial charge is 0.333 e. The first-order valence-electron chi connectivity index (χ1n) is 5.36. The summed E-state index contributed by atoms with van der Waals surface area (Å²) >= 11 is 0. The third kappa shape index (κ3) is 11.1. The minimum Gasteiger partial charge on any atom is -0.459 e. The molecule has 0 atom stereocenters. The Morgan fingerprint density at radius 1 is 1.11 bits per heavy atom. The van der Waals surface area contributed by atoms with Gasteiger partial charge in [0.25, 0.3) is 0 Å². The van der Waals surface area contributed by atoms with Gasteiger partial charge in [-0.15, -0.1) is 0 Å². The third-order valence-electron chi connectivity index (χ3n) is 2.11. The number of rotatable bonds is 8. The maximum absolute atomic E-state index is 11.3. The predicted molar refractivity (Wildman–Crippen MR) is 67.8 cm³/mol. The molecule has 0 aliphatic heterocycles. The van der Waals surface area contributed by atoms with Crippen LogP contribution in [0.2, 0.25) is 0 Å². The average Bonchev–Trinajstić information content (AvgIpc) is 2.19. The van der Waals surface area contributed by atoms with E-state index in [1.165, 1.54) is 6.92 Å². The van der Waals surface area contributed by atoms with Crippen molar-refractivity contribution in [3.63, 3.8) is 0 Å². The van der Waals surface area contributed by atoms with Gasteiger partial charge in [-0.05, 0) is 19.8 Å². The first-order valence-corrected chi connectivity index (χ1v) is 8.96. The molecule has 8 nitrogen and oxygen atoms in total. The van der Waals surface area contributed by atoms with E-state index >= 15 is 0 Å². The largest absolute Gasteiger partial charge is 0.459 e. The topological polar surface area (TPSA) is 141 Å². The number of carbonyl (C=O) groups is 1. The van der Waals surface area contributed by atoms with Gasteiger partial charge in [-0.1, -0.05) is 6.58 Å². The van der Waals surface area contributed by atoms with Gasteiger partial charge in [-0.2, -0.15) is 0 Å². The van der Waals surface area contributed by atoms with Crippen LogP contribution >= 0.6 is 15.2 Å². The minimum atomic E-state index is -4.26. The summed E-state index contributed by atoms with van der Waals surface area (Å²) in [4.78, 5) is 46.2. The number of hydrogen-bond donors (Lipinski definition) is 4. The maximum atomic E-state index is 11.3. The van der Waals surface area contributed by atoms with E-state index in [4.69, 9.17) is 24.3 Å². The van der Waals surface area contributed by atoms with Gasteiger partial charge in [0, 0.05) is 5.57 Å². The van der Waals surface area contributed by atoms with Crippen LogP contribution in [-0.4, -0.2) is 44.0 Å². The summed E-state index contributed by atoms with van der Waals surface area (Å²) in [6.45, 7) is 4.74. The van der Waals surface area contributed by atoms with Crippen LogP contribution in [0, 0.1) is 0 Å². The Bertz CT molecular complexity index is 394. The van der Waals surface area contributed by atoms with Crippen LogP contribution in [-0.2, 0) is 18.7 Å². The van der Waals surface area contributed by atoms with Crippen molar-refractivity contribution in [2.24, 2.45) is 0 Å². The molecule has 0 saturated heterocycles. The molecule has 0 aromatic heterocycles. The van der Waals surface area contributed by atoms with Crippen molar-refractivity contribution in [3.05, 3.63) is 12.2 Å². The summed E-state index contributed by atoms with van der Waals surface area (Å²) in [5, 5.41) is 0. The predicted octanol–water partition coefficient (Wildman–Crippen LogP) is 0.610. The highest BCUT2D eigenvalue weighted by Gasteiger charge is 2.24. The first kappa shape index (κ1) is 18.5. The van der Waals surface area contributed by atoms with E-state index < -0.39 is 39.6 Å². The Labute approximate surface area is 110 Å². The quantitative estimate of drug-likeness (QED) is 0.290. The third-order valence-corrected chi connectivity index (χ3v) is 3.79. The SMILES string of the molecule is C=C(C)C(=O)OC(CCP(=O)(O)O)CCP(=O)(O)O. The van der Waals surface area contributed by atoms with Gasteiger partial charge >= 0.3 is 21.2 Å².